The van der Waals surface area contributed by atoms with Gasteiger partial charge in [0, 0.05) is 31.1 Å². The van der Waals surface area contributed by atoms with E-state index in [4.69, 9.17) is 15.2 Å². The number of carbonyl (C=O) groups is 2. The van der Waals surface area contributed by atoms with E-state index in [0.29, 0.717) is 30.9 Å². The van der Waals surface area contributed by atoms with Gasteiger partial charge in [0.15, 0.2) is 11.5 Å². The van der Waals surface area contributed by atoms with E-state index in [9.17, 15) is 9.59 Å². The Balaban J connectivity index is 1.64. The number of nitrogens with one attached hydrogen (secondary N) is 1. The minimum atomic E-state index is -0.450. The number of primary amides is 1. The summed E-state index contributed by atoms with van der Waals surface area (Å²) in [5, 5.41) is 3.00. The Morgan fingerprint density at radius 2 is 1.77 bits per heavy atom. The van der Waals surface area contributed by atoms with Gasteiger partial charge in [0.25, 0.3) is 5.91 Å². The van der Waals surface area contributed by atoms with Crippen LogP contribution in [-0.4, -0.2) is 38.1 Å². The summed E-state index contributed by atoms with van der Waals surface area (Å²) >= 11 is 0. The van der Waals surface area contributed by atoms with Crippen molar-refractivity contribution < 1.29 is 19.1 Å². The summed E-state index contributed by atoms with van der Waals surface area (Å²) in [5.41, 5.74) is 10.7. The van der Waals surface area contributed by atoms with E-state index in [0.717, 1.165) is 59.7 Å². The van der Waals surface area contributed by atoms with Crippen molar-refractivity contribution in [3.8, 4) is 11.5 Å². The molecular formula is C23H25N3O4. The molecule has 3 N–H and O–H groups in total. The van der Waals surface area contributed by atoms with Gasteiger partial charge in [-0.2, -0.15) is 0 Å². The van der Waals surface area contributed by atoms with E-state index in [-0.39, 0.29) is 11.8 Å². The Labute approximate surface area is 175 Å². The summed E-state index contributed by atoms with van der Waals surface area (Å²) in [4.78, 5) is 27.1. The number of anilines is 2. The fourth-order valence-corrected chi connectivity index (χ4v) is 4.77. The molecule has 5 rings (SSSR count). The van der Waals surface area contributed by atoms with E-state index in [1.807, 2.05) is 31.2 Å². The van der Waals surface area contributed by atoms with Gasteiger partial charge in [0.05, 0.1) is 11.3 Å². The predicted molar refractivity (Wildman–Crippen MR) is 114 cm³/mol. The number of nitrogens with zero attached hydrogens (tertiary/aromatic N) is 1. The second kappa shape index (κ2) is 7.23. The molecule has 3 heterocycles. The normalized spacial score (nSPS) is 20.0. The second-order valence-corrected chi connectivity index (χ2v) is 8.17. The molecule has 2 aromatic rings. The lowest BCUT2D eigenvalue weighted by Crippen LogP contribution is -2.28. The minimum absolute atomic E-state index is 0.0408. The summed E-state index contributed by atoms with van der Waals surface area (Å²) in [6, 6.07) is 7.71. The smallest absolute Gasteiger partial charge is 0.250 e. The van der Waals surface area contributed by atoms with Crippen LogP contribution in [0.5, 0.6) is 11.5 Å². The first-order valence-corrected chi connectivity index (χ1v) is 10.4. The number of nitrogens with two attached hydrogens (primary N) is 1. The number of aryl methyl sites for hydroxylation is 1. The third-order valence-electron chi connectivity index (χ3n) is 6.23. The maximum atomic E-state index is 12.6. The van der Waals surface area contributed by atoms with Gasteiger partial charge in [0.1, 0.15) is 13.2 Å². The molecule has 0 radical (unpaired) electrons. The first-order valence-electron chi connectivity index (χ1n) is 10.4. The van der Waals surface area contributed by atoms with E-state index >= 15 is 0 Å². The molecule has 2 aromatic carbocycles. The Morgan fingerprint density at radius 3 is 2.47 bits per heavy atom. The van der Waals surface area contributed by atoms with Crippen molar-refractivity contribution in [2.24, 2.45) is 5.73 Å². The van der Waals surface area contributed by atoms with Crippen molar-refractivity contribution in [1.29, 1.82) is 0 Å². The van der Waals surface area contributed by atoms with Gasteiger partial charge in [0.2, 0.25) is 5.91 Å². The fraction of sp³-hybridized carbons (Fsp3) is 0.391. The molecule has 0 saturated carbocycles. The molecule has 0 bridgehead atoms. The lowest BCUT2D eigenvalue weighted by Gasteiger charge is -2.31. The standard InChI is InChI=1S/C23H25N3O4/c1-13-8-20-21(30-7-6-29-20)10-14(13)15-11-22(27)25-18-12-19(26-4-2-3-5-26)17(23(24)28)9-16(15)18/h8-10,12,15H,2-7,11H2,1H3,(H2,24,28)(H,25,27). The van der Waals surface area contributed by atoms with Crippen LogP contribution in [0, 0.1) is 6.92 Å². The number of hydrogen-bond donors (Lipinski definition) is 2. The zero-order chi connectivity index (χ0) is 20.8. The highest BCUT2D eigenvalue weighted by molar-refractivity contribution is 6.03. The molecule has 30 heavy (non-hydrogen) atoms. The van der Waals surface area contributed by atoms with Crippen LogP contribution in [-0.2, 0) is 4.79 Å². The maximum Gasteiger partial charge on any atom is 0.250 e. The molecule has 3 aliphatic heterocycles. The van der Waals surface area contributed by atoms with Crippen LogP contribution in [0.3, 0.4) is 0 Å². The van der Waals surface area contributed by atoms with E-state index in [1.54, 1.807) is 0 Å². The van der Waals surface area contributed by atoms with E-state index in [2.05, 4.69) is 10.2 Å². The van der Waals surface area contributed by atoms with Crippen molar-refractivity contribution in [1.82, 2.24) is 0 Å². The van der Waals surface area contributed by atoms with Crippen molar-refractivity contribution in [3.63, 3.8) is 0 Å². The van der Waals surface area contributed by atoms with Gasteiger partial charge in [-0.05, 0) is 60.7 Å². The van der Waals surface area contributed by atoms with Crippen LogP contribution in [0.1, 0.15) is 52.2 Å². The Bertz CT molecular complexity index is 1040. The molecule has 3 aliphatic rings. The number of fused-ring (bicyclic) bond motifs is 2. The number of amides is 2. The van der Waals surface area contributed by atoms with Gasteiger partial charge < -0.3 is 25.4 Å². The summed E-state index contributed by atoms with van der Waals surface area (Å²) in [6.45, 7) is 4.81. The van der Waals surface area contributed by atoms with Crippen molar-refractivity contribution >= 4 is 23.2 Å². The SMILES string of the molecule is Cc1cc2c(cc1C1CC(=O)Nc3cc(N4CCCC4)c(C(N)=O)cc31)OCCO2. The van der Waals surface area contributed by atoms with Crippen LogP contribution < -0.4 is 25.4 Å². The Kier molecular flexibility index (Phi) is 4.53. The predicted octanol–water partition coefficient (Wildman–Crippen LogP) is 2.94. The largest absolute Gasteiger partial charge is 0.486 e. The van der Waals surface area contributed by atoms with E-state index in [1.165, 1.54) is 0 Å². The molecule has 0 aliphatic carbocycles. The maximum absolute atomic E-state index is 12.6. The highest BCUT2D eigenvalue weighted by Crippen LogP contribution is 2.44. The number of benzene rings is 2. The Hall–Kier alpha value is -3.22. The number of carbonyl (C=O) groups excluding carboxylic acids is 2. The zero-order valence-corrected chi connectivity index (χ0v) is 17.0. The third kappa shape index (κ3) is 3.14. The highest BCUT2D eigenvalue weighted by Gasteiger charge is 2.32. The number of rotatable bonds is 3. The fourth-order valence-electron chi connectivity index (χ4n) is 4.77. The average Bonchev–Trinajstić information content (AvgIpc) is 3.26. The first-order chi connectivity index (χ1) is 14.5. The second-order valence-electron chi connectivity index (χ2n) is 8.17. The van der Waals surface area contributed by atoms with Crippen LogP contribution in [0.2, 0.25) is 0 Å². The average molecular weight is 407 g/mol. The summed E-state index contributed by atoms with van der Waals surface area (Å²) in [7, 11) is 0. The molecule has 1 saturated heterocycles. The first kappa shape index (κ1) is 18.8. The summed E-state index contributed by atoms with van der Waals surface area (Å²) in [6.07, 6.45) is 2.47. The number of hydrogen-bond acceptors (Lipinski definition) is 5. The van der Waals surface area contributed by atoms with Gasteiger partial charge >= 0.3 is 0 Å². The highest BCUT2D eigenvalue weighted by atomic mass is 16.6. The summed E-state index contributed by atoms with van der Waals surface area (Å²) in [5.74, 6) is 0.744. The van der Waals surface area contributed by atoms with Crippen molar-refractivity contribution in [3.05, 3.63) is 46.5 Å². The van der Waals surface area contributed by atoms with Gasteiger partial charge in [-0.3, -0.25) is 9.59 Å². The lowest BCUT2D eigenvalue weighted by atomic mass is 9.81. The molecule has 0 spiro atoms. The zero-order valence-electron chi connectivity index (χ0n) is 17.0. The molecule has 1 fully saturated rings. The quantitative estimate of drug-likeness (QED) is 0.816. The summed E-state index contributed by atoms with van der Waals surface area (Å²) < 4.78 is 11.5. The van der Waals surface area contributed by atoms with Crippen LogP contribution in [0.15, 0.2) is 24.3 Å². The molecule has 1 unspecified atom stereocenters. The molecule has 7 heteroatoms. The molecule has 1 atom stereocenters. The van der Waals surface area contributed by atoms with E-state index < -0.39 is 5.91 Å². The van der Waals surface area contributed by atoms with Crippen LogP contribution >= 0.6 is 0 Å². The lowest BCUT2D eigenvalue weighted by molar-refractivity contribution is -0.116. The molecule has 0 aromatic heterocycles. The van der Waals surface area contributed by atoms with Crippen LogP contribution in [0.4, 0.5) is 11.4 Å². The van der Waals surface area contributed by atoms with Gasteiger partial charge in [-0.25, -0.2) is 0 Å². The number of ether oxygens (including phenoxy) is 2. The monoisotopic (exact) mass is 407 g/mol. The van der Waals surface area contributed by atoms with Gasteiger partial charge in [-0.15, -0.1) is 0 Å². The topological polar surface area (TPSA) is 93.9 Å². The van der Waals surface area contributed by atoms with Crippen molar-refractivity contribution in [2.45, 2.75) is 32.1 Å². The van der Waals surface area contributed by atoms with Crippen molar-refractivity contribution in [2.75, 3.05) is 36.5 Å². The van der Waals surface area contributed by atoms with Crippen LogP contribution in [0.25, 0.3) is 0 Å². The molecular weight excluding hydrogens is 382 g/mol. The molecule has 2 amide bonds. The molecule has 7 nitrogen and oxygen atoms in total. The Morgan fingerprint density at radius 1 is 1.07 bits per heavy atom. The minimum Gasteiger partial charge on any atom is -0.486 e. The molecule has 156 valence electrons. The van der Waals surface area contributed by atoms with Gasteiger partial charge in [-0.1, -0.05) is 0 Å². The third-order valence-corrected chi connectivity index (χ3v) is 6.23.